The number of aliphatic hydroxyl groups excluding tert-OH is 1. The van der Waals surface area contributed by atoms with Gasteiger partial charge in [-0.2, -0.15) is 0 Å². The molecule has 0 aliphatic carbocycles. The number of hydrogen-bond acceptors (Lipinski definition) is 6. The Hall–Kier alpha value is -2.64. The van der Waals surface area contributed by atoms with E-state index in [2.05, 4.69) is 10.3 Å². The van der Waals surface area contributed by atoms with Gasteiger partial charge in [0.2, 0.25) is 11.8 Å². The van der Waals surface area contributed by atoms with Gasteiger partial charge in [0.15, 0.2) is 0 Å². The Bertz CT molecular complexity index is 691. The van der Waals surface area contributed by atoms with Crippen LogP contribution in [0.25, 0.3) is 0 Å². The average molecular weight is 359 g/mol. The number of ether oxygens (including phenoxy) is 2. The third kappa shape index (κ3) is 6.70. The number of amides is 1. The van der Waals surface area contributed by atoms with Crippen molar-refractivity contribution >= 4 is 5.91 Å². The zero-order valence-corrected chi connectivity index (χ0v) is 14.9. The van der Waals surface area contributed by atoms with Gasteiger partial charge < -0.3 is 25.6 Å². The Kier molecular flexibility index (Phi) is 7.85. The number of nitrogens with one attached hydrogen (secondary N) is 1. The van der Waals surface area contributed by atoms with Crippen molar-refractivity contribution in [1.82, 2.24) is 10.3 Å². The second-order valence-corrected chi connectivity index (χ2v) is 5.89. The lowest BCUT2D eigenvalue weighted by Crippen LogP contribution is -2.32. The van der Waals surface area contributed by atoms with Crippen LogP contribution in [0, 0.1) is 6.92 Å². The molecule has 2 aromatic rings. The van der Waals surface area contributed by atoms with Gasteiger partial charge in [0.1, 0.15) is 18.5 Å². The lowest BCUT2D eigenvalue weighted by Gasteiger charge is -2.14. The van der Waals surface area contributed by atoms with E-state index in [1.54, 1.807) is 12.1 Å². The number of aliphatic hydroxyl groups is 1. The van der Waals surface area contributed by atoms with Gasteiger partial charge in [-0.25, -0.2) is 4.98 Å². The fourth-order valence-electron chi connectivity index (χ4n) is 2.22. The number of nitrogens with zero attached hydrogens (tertiary/aromatic N) is 1. The first kappa shape index (κ1) is 19.7. The summed E-state index contributed by atoms with van der Waals surface area (Å²) in [4.78, 5) is 15.0. The molecule has 0 spiro atoms. The summed E-state index contributed by atoms with van der Waals surface area (Å²) in [5, 5.41) is 13.1. The largest absolute Gasteiger partial charge is 0.491 e. The topological polar surface area (TPSA) is 107 Å². The van der Waals surface area contributed by atoms with E-state index in [0.29, 0.717) is 31.1 Å². The Morgan fingerprint density at radius 2 is 2.08 bits per heavy atom. The van der Waals surface area contributed by atoms with Crippen LogP contribution in [0.3, 0.4) is 0 Å². The highest BCUT2D eigenvalue weighted by Gasteiger charge is 2.06. The molecule has 140 valence electrons. The number of carbonyl (C=O) groups is 1. The third-order valence-corrected chi connectivity index (χ3v) is 3.67. The molecule has 1 heterocycles. The molecule has 0 radical (unpaired) electrons. The molecule has 1 aromatic carbocycles. The second-order valence-electron chi connectivity index (χ2n) is 5.89. The molecule has 0 saturated carbocycles. The molecular formula is C19H25N3O4. The molecule has 0 fully saturated rings. The zero-order valence-electron chi connectivity index (χ0n) is 14.9. The van der Waals surface area contributed by atoms with Gasteiger partial charge in [0.05, 0.1) is 12.2 Å². The number of nitrogens with two attached hydrogens (primary N) is 1. The number of hydrogen-bond donors (Lipinski definition) is 3. The summed E-state index contributed by atoms with van der Waals surface area (Å²) >= 11 is 0. The minimum absolute atomic E-state index is 0.241. The lowest BCUT2D eigenvalue weighted by atomic mass is 10.2. The van der Waals surface area contributed by atoms with E-state index < -0.39 is 12.0 Å². The van der Waals surface area contributed by atoms with Gasteiger partial charge in [-0.05, 0) is 37.6 Å². The van der Waals surface area contributed by atoms with Crippen LogP contribution in [0.4, 0.5) is 0 Å². The first-order chi connectivity index (χ1) is 12.6. The summed E-state index contributed by atoms with van der Waals surface area (Å²) in [6.45, 7) is 3.82. The highest BCUT2D eigenvalue weighted by atomic mass is 16.5. The minimum atomic E-state index is -0.585. The van der Waals surface area contributed by atoms with E-state index in [0.717, 1.165) is 17.7 Å². The van der Waals surface area contributed by atoms with Crippen molar-refractivity contribution in [3.05, 3.63) is 53.7 Å². The Morgan fingerprint density at radius 1 is 1.27 bits per heavy atom. The van der Waals surface area contributed by atoms with Crippen LogP contribution < -0.4 is 20.5 Å². The van der Waals surface area contributed by atoms with E-state index in [9.17, 15) is 9.90 Å². The van der Waals surface area contributed by atoms with Gasteiger partial charge >= 0.3 is 0 Å². The molecule has 0 aliphatic heterocycles. The lowest BCUT2D eigenvalue weighted by molar-refractivity contribution is 0.0999. The van der Waals surface area contributed by atoms with Crippen molar-refractivity contribution in [3.8, 4) is 11.6 Å². The molecule has 0 aliphatic rings. The summed E-state index contributed by atoms with van der Waals surface area (Å²) < 4.78 is 11.1. The fraction of sp³-hybridized carbons (Fsp3) is 0.368. The summed E-state index contributed by atoms with van der Waals surface area (Å²) in [5.41, 5.74) is 6.54. The number of rotatable bonds is 11. The first-order valence-electron chi connectivity index (χ1n) is 8.52. The highest BCUT2D eigenvalue weighted by molar-refractivity contribution is 5.92. The molecule has 0 bridgehead atoms. The van der Waals surface area contributed by atoms with Crippen LogP contribution in [-0.2, 0) is 0 Å². The number of aryl methyl sites for hydroxylation is 1. The quantitative estimate of drug-likeness (QED) is 0.522. The highest BCUT2D eigenvalue weighted by Crippen LogP contribution is 2.16. The molecule has 26 heavy (non-hydrogen) atoms. The van der Waals surface area contributed by atoms with Crippen LogP contribution >= 0.6 is 0 Å². The summed E-state index contributed by atoms with van der Waals surface area (Å²) in [5.74, 6) is 0.717. The van der Waals surface area contributed by atoms with E-state index >= 15 is 0 Å². The van der Waals surface area contributed by atoms with Crippen LogP contribution in [0.1, 0.15) is 22.3 Å². The number of aromatic nitrogens is 1. The van der Waals surface area contributed by atoms with Gasteiger partial charge in [0, 0.05) is 18.8 Å². The third-order valence-electron chi connectivity index (χ3n) is 3.67. The maximum absolute atomic E-state index is 10.9. The Morgan fingerprint density at radius 3 is 2.77 bits per heavy atom. The maximum Gasteiger partial charge on any atom is 0.250 e. The summed E-state index contributed by atoms with van der Waals surface area (Å²) in [6, 6.07) is 10.9. The Labute approximate surface area is 153 Å². The van der Waals surface area contributed by atoms with Crippen molar-refractivity contribution in [2.45, 2.75) is 19.4 Å². The number of primary amides is 1. The van der Waals surface area contributed by atoms with Gasteiger partial charge in [-0.15, -0.1) is 0 Å². The van der Waals surface area contributed by atoms with Crippen molar-refractivity contribution in [2.75, 3.05) is 26.3 Å². The van der Waals surface area contributed by atoms with E-state index in [1.807, 2.05) is 31.2 Å². The van der Waals surface area contributed by atoms with Gasteiger partial charge in [-0.1, -0.05) is 18.2 Å². The van der Waals surface area contributed by atoms with Crippen molar-refractivity contribution in [2.24, 2.45) is 5.73 Å². The molecule has 0 saturated heterocycles. The molecule has 4 N–H and O–H groups in total. The molecule has 7 nitrogen and oxygen atoms in total. The number of para-hydroxylation sites is 1. The van der Waals surface area contributed by atoms with E-state index in [-0.39, 0.29) is 6.61 Å². The van der Waals surface area contributed by atoms with Crippen LogP contribution in [-0.4, -0.2) is 48.4 Å². The number of pyridine rings is 1. The zero-order chi connectivity index (χ0) is 18.8. The standard InChI is InChI=1S/C19H25N3O4/c1-14-5-2-3-6-17(14)26-13-16(23)12-21-9-4-10-25-18-8-7-15(11-22-18)19(20)24/h2-3,5-8,11,16,21,23H,4,9-10,12-13H2,1H3,(H2,20,24). The fourth-order valence-corrected chi connectivity index (χ4v) is 2.22. The molecule has 7 heteroatoms. The Balaban J connectivity index is 1.54. The van der Waals surface area contributed by atoms with Crippen molar-refractivity contribution < 1.29 is 19.4 Å². The molecule has 1 atom stereocenters. The number of carbonyl (C=O) groups excluding carboxylic acids is 1. The molecule has 1 amide bonds. The number of benzene rings is 1. The molecular weight excluding hydrogens is 334 g/mol. The average Bonchev–Trinajstić information content (AvgIpc) is 2.64. The van der Waals surface area contributed by atoms with Crippen LogP contribution in [0.15, 0.2) is 42.6 Å². The van der Waals surface area contributed by atoms with Crippen molar-refractivity contribution in [3.63, 3.8) is 0 Å². The molecule has 1 aromatic heterocycles. The maximum atomic E-state index is 10.9. The van der Waals surface area contributed by atoms with Gasteiger partial charge in [0.25, 0.3) is 0 Å². The summed E-state index contributed by atoms with van der Waals surface area (Å²) in [7, 11) is 0. The van der Waals surface area contributed by atoms with Crippen LogP contribution in [0.5, 0.6) is 11.6 Å². The predicted octanol–water partition coefficient (Wildman–Crippen LogP) is 1.29. The molecule has 1 unspecified atom stereocenters. The smallest absolute Gasteiger partial charge is 0.250 e. The minimum Gasteiger partial charge on any atom is -0.491 e. The molecule has 2 rings (SSSR count). The monoisotopic (exact) mass is 359 g/mol. The summed E-state index contributed by atoms with van der Waals surface area (Å²) in [6.07, 6.45) is 1.56. The normalized spacial score (nSPS) is 11.8. The van der Waals surface area contributed by atoms with Crippen LogP contribution in [0.2, 0.25) is 0 Å². The van der Waals surface area contributed by atoms with Gasteiger partial charge in [-0.3, -0.25) is 4.79 Å². The van der Waals surface area contributed by atoms with E-state index in [1.165, 1.54) is 6.20 Å². The SMILES string of the molecule is Cc1ccccc1OCC(O)CNCCCOc1ccc(C(N)=O)cn1. The second kappa shape index (κ2) is 10.4. The predicted molar refractivity (Wildman–Crippen MR) is 98.4 cm³/mol. The van der Waals surface area contributed by atoms with Crippen molar-refractivity contribution in [1.29, 1.82) is 0 Å². The van der Waals surface area contributed by atoms with E-state index in [4.69, 9.17) is 15.2 Å². The first-order valence-corrected chi connectivity index (χ1v) is 8.52.